The molecule has 2 heterocycles. The number of hydrogen-bond acceptors (Lipinski definition) is 4. The molecule has 0 bridgehead atoms. The Kier molecular flexibility index (Phi) is 5.23. The molecule has 1 saturated heterocycles. The van der Waals surface area contributed by atoms with Gasteiger partial charge in [-0.15, -0.1) is 11.6 Å². The van der Waals surface area contributed by atoms with Crippen LogP contribution >= 0.6 is 11.6 Å². The fourth-order valence-corrected chi connectivity index (χ4v) is 3.35. The van der Waals surface area contributed by atoms with Gasteiger partial charge in [0, 0.05) is 19.0 Å². The fraction of sp³-hybridized carbons (Fsp3) is 0.615. The largest absolute Gasteiger partial charge is 0.492 e. The van der Waals surface area contributed by atoms with Crippen molar-refractivity contribution in [1.82, 2.24) is 9.29 Å². The van der Waals surface area contributed by atoms with Crippen molar-refractivity contribution in [3.8, 4) is 5.75 Å². The Labute approximate surface area is 125 Å². The maximum Gasteiger partial charge on any atom is 0.211 e. The topological polar surface area (TPSA) is 59.5 Å². The van der Waals surface area contributed by atoms with Crippen molar-refractivity contribution in [2.75, 3.05) is 26.0 Å². The summed E-state index contributed by atoms with van der Waals surface area (Å²) in [5, 5.41) is 0. The molecule has 1 aliphatic rings. The van der Waals surface area contributed by atoms with Crippen LogP contribution in [0.3, 0.4) is 0 Å². The molecule has 7 heteroatoms. The number of nitrogens with zero attached hydrogens (tertiary/aromatic N) is 2. The molecule has 1 fully saturated rings. The molecule has 20 heavy (non-hydrogen) atoms. The molecular formula is C13H19ClN2O3S. The zero-order valence-corrected chi connectivity index (χ0v) is 13.0. The molecule has 1 aromatic rings. The number of piperidine rings is 1. The molecule has 1 atom stereocenters. The third kappa shape index (κ3) is 4.33. The van der Waals surface area contributed by atoms with Gasteiger partial charge in [0.15, 0.2) is 0 Å². The van der Waals surface area contributed by atoms with E-state index in [9.17, 15) is 8.42 Å². The van der Waals surface area contributed by atoms with Gasteiger partial charge < -0.3 is 4.74 Å². The van der Waals surface area contributed by atoms with Crippen LogP contribution in [0.2, 0.25) is 0 Å². The summed E-state index contributed by atoms with van der Waals surface area (Å²) >= 11 is 5.67. The first-order chi connectivity index (χ1) is 9.49. The molecule has 0 spiro atoms. The van der Waals surface area contributed by atoms with Crippen molar-refractivity contribution >= 4 is 21.6 Å². The van der Waals surface area contributed by atoms with E-state index in [1.165, 1.54) is 10.6 Å². The number of ether oxygens (including phenoxy) is 1. The smallest absolute Gasteiger partial charge is 0.211 e. The number of hydrogen-bond donors (Lipinski definition) is 0. The molecule has 112 valence electrons. The summed E-state index contributed by atoms with van der Waals surface area (Å²) in [6, 6.07) is 3.66. The Morgan fingerprint density at radius 3 is 2.90 bits per heavy atom. The van der Waals surface area contributed by atoms with Crippen molar-refractivity contribution < 1.29 is 13.2 Å². The van der Waals surface area contributed by atoms with E-state index >= 15 is 0 Å². The molecular weight excluding hydrogens is 300 g/mol. The van der Waals surface area contributed by atoms with Crippen molar-refractivity contribution in [2.45, 2.75) is 18.7 Å². The first-order valence-electron chi connectivity index (χ1n) is 6.58. The van der Waals surface area contributed by atoms with Gasteiger partial charge in [-0.05, 0) is 25.0 Å². The zero-order valence-electron chi connectivity index (χ0n) is 11.5. The van der Waals surface area contributed by atoms with Gasteiger partial charge in [-0.2, -0.15) is 0 Å². The summed E-state index contributed by atoms with van der Waals surface area (Å²) in [5.41, 5.74) is 0.805. The summed E-state index contributed by atoms with van der Waals surface area (Å²) in [4.78, 5) is 4.15. The number of sulfonamides is 1. The Bertz CT molecular complexity index is 533. The first-order valence-corrected chi connectivity index (χ1v) is 8.96. The van der Waals surface area contributed by atoms with E-state index in [2.05, 4.69) is 4.98 Å². The quantitative estimate of drug-likeness (QED) is 0.778. The van der Waals surface area contributed by atoms with Crippen LogP contribution in [-0.2, 0) is 15.9 Å². The van der Waals surface area contributed by atoms with Gasteiger partial charge in [0.1, 0.15) is 5.75 Å². The van der Waals surface area contributed by atoms with Crippen LogP contribution in [0, 0.1) is 5.92 Å². The Morgan fingerprint density at radius 2 is 2.30 bits per heavy atom. The lowest BCUT2D eigenvalue weighted by atomic mass is 10.0. The van der Waals surface area contributed by atoms with Gasteiger partial charge in [-0.1, -0.05) is 0 Å². The summed E-state index contributed by atoms with van der Waals surface area (Å²) in [6.45, 7) is 1.65. The van der Waals surface area contributed by atoms with E-state index in [0.29, 0.717) is 31.3 Å². The monoisotopic (exact) mass is 318 g/mol. The van der Waals surface area contributed by atoms with Crippen molar-refractivity contribution in [3.05, 3.63) is 24.0 Å². The lowest BCUT2D eigenvalue weighted by molar-refractivity contribution is 0.180. The standard InChI is InChI=1S/C13H19ClN2O3S/c1-20(17,18)16-6-2-3-11(9-16)10-19-13-5-4-12(7-14)15-8-13/h4-5,8,11H,2-3,6-7,9-10H2,1H3. The molecule has 1 aliphatic heterocycles. The molecule has 1 unspecified atom stereocenters. The highest BCUT2D eigenvalue weighted by Crippen LogP contribution is 2.20. The minimum atomic E-state index is -3.10. The Hall–Kier alpha value is -0.850. The van der Waals surface area contributed by atoms with Gasteiger partial charge in [0.05, 0.1) is 30.6 Å². The molecule has 0 aromatic carbocycles. The van der Waals surface area contributed by atoms with Gasteiger partial charge in [0.25, 0.3) is 0 Å². The second-order valence-corrected chi connectivity index (χ2v) is 7.31. The maximum atomic E-state index is 11.5. The average Bonchev–Trinajstić information content (AvgIpc) is 2.45. The average molecular weight is 319 g/mol. The van der Waals surface area contributed by atoms with Gasteiger partial charge in [-0.25, -0.2) is 12.7 Å². The lowest BCUT2D eigenvalue weighted by Crippen LogP contribution is -2.40. The van der Waals surface area contributed by atoms with E-state index in [4.69, 9.17) is 16.3 Å². The third-order valence-corrected chi connectivity index (χ3v) is 4.91. The second-order valence-electron chi connectivity index (χ2n) is 5.06. The maximum absolute atomic E-state index is 11.5. The molecule has 1 aromatic heterocycles. The Morgan fingerprint density at radius 1 is 1.50 bits per heavy atom. The highest BCUT2D eigenvalue weighted by Gasteiger charge is 2.26. The van der Waals surface area contributed by atoms with E-state index < -0.39 is 10.0 Å². The highest BCUT2D eigenvalue weighted by atomic mass is 35.5. The van der Waals surface area contributed by atoms with Crippen molar-refractivity contribution in [3.63, 3.8) is 0 Å². The zero-order chi connectivity index (χ0) is 14.6. The molecule has 0 amide bonds. The number of rotatable bonds is 5. The van der Waals surface area contributed by atoms with E-state index in [-0.39, 0.29) is 5.92 Å². The predicted octanol–water partition coefficient (Wildman–Crippen LogP) is 1.87. The lowest BCUT2D eigenvalue weighted by Gasteiger charge is -2.30. The number of alkyl halides is 1. The molecule has 0 radical (unpaired) electrons. The van der Waals surface area contributed by atoms with Crippen LogP contribution < -0.4 is 4.74 Å². The van der Waals surface area contributed by atoms with Crippen LogP contribution in [0.25, 0.3) is 0 Å². The van der Waals surface area contributed by atoms with Crippen LogP contribution in [0.1, 0.15) is 18.5 Å². The predicted molar refractivity (Wildman–Crippen MR) is 78.4 cm³/mol. The summed E-state index contributed by atoms with van der Waals surface area (Å²) in [7, 11) is -3.10. The second kappa shape index (κ2) is 6.74. The summed E-state index contributed by atoms with van der Waals surface area (Å²) < 4.78 is 30.3. The van der Waals surface area contributed by atoms with Crippen molar-refractivity contribution in [1.29, 1.82) is 0 Å². The fourth-order valence-electron chi connectivity index (χ4n) is 2.25. The van der Waals surface area contributed by atoms with Gasteiger partial charge in [0.2, 0.25) is 10.0 Å². The van der Waals surface area contributed by atoms with Crippen LogP contribution in [0.15, 0.2) is 18.3 Å². The molecule has 0 N–H and O–H groups in total. The van der Waals surface area contributed by atoms with Crippen LogP contribution in [0.5, 0.6) is 5.75 Å². The van der Waals surface area contributed by atoms with E-state index in [1.54, 1.807) is 6.20 Å². The molecule has 5 nitrogen and oxygen atoms in total. The van der Waals surface area contributed by atoms with Crippen LogP contribution in [0.4, 0.5) is 0 Å². The van der Waals surface area contributed by atoms with E-state index in [1.807, 2.05) is 12.1 Å². The van der Waals surface area contributed by atoms with Crippen LogP contribution in [-0.4, -0.2) is 43.7 Å². The molecule has 2 rings (SSSR count). The minimum absolute atomic E-state index is 0.228. The summed E-state index contributed by atoms with van der Waals surface area (Å²) in [6.07, 6.45) is 4.77. The first kappa shape index (κ1) is 15.5. The number of pyridine rings is 1. The molecule has 0 saturated carbocycles. The molecule has 0 aliphatic carbocycles. The third-order valence-electron chi connectivity index (χ3n) is 3.37. The van der Waals surface area contributed by atoms with Gasteiger partial charge >= 0.3 is 0 Å². The minimum Gasteiger partial charge on any atom is -0.492 e. The van der Waals surface area contributed by atoms with E-state index in [0.717, 1.165) is 18.5 Å². The SMILES string of the molecule is CS(=O)(=O)N1CCCC(COc2ccc(CCl)nc2)C1. The van der Waals surface area contributed by atoms with Gasteiger partial charge in [-0.3, -0.25) is 4.98 Å². The highest BCUT2D eigenvalue weighted by molar-refractivity contribution is 7.88. The normalized spacial score (nSPS) is 20.8. The number of aromatic nitrogens is 1. The van der Waals surface area contributed by atoms with Crippen molar-refractivity contribution in [2.24, 2.45) is 5.92 Å². The summed E-state index contributed by atoms with van der Waals surface area (Å²) in [5.74, 6) is 1.30. The Balaban J connectivity index is 1.87. The number of halogens is 1.